The first-order valence-electron chi connectivity index (χ1n) is 4.83. The molecule has 0 spiro atoms. The van der Waals surface area contributed by atoms with E-state index in [-0.39, 0.29) is 11.7 Å². The molecule has 1 aromatic heterocycles. The minimum atomic E-state index is -0.0206. The Hall–Kier alpha value is -1.81. The van der Waals surface area contributed by atoms with Crippen LogP contribution in [0.25, 0.3) is 10.9 Å². The van der Waals surface area contributed by atoms with Crippen molar-refractivity contribution in [3.63, 3.8) is 0 Å². The third-order valence-corrected chi connectivity index (χ3v) is 2.71. The lowest BCUT2D eigenvalue weighted by Crippen LogP contribution is -2.34. The lowest BCUT2D eigenvalue weighted by molar-refractivity contribution is 0.0899. The van der Waals surface area contributed by atoms with Crippen molar-refractivity contribution in [1.82, 2.24) is 9.88 Å². The van der Waals surface area contributed by atoms with Crippen molar-refractivity contribution in [2.24, 2.45) is 0 Å². The van der Waals surface area contributed by atoms with Gasteiger partial charge in [0, 0.05) is 17.6 Å². The van der Waals surface area contributed by atoms with Gasteiger partial charge in [-0.3, -0.25) is 9.36 Å². The van der Waals surface area contributed by atoms with Gasteiger partial charge in [-0.1, -0.05) is 12.1 Å². The van der Waals surface area contributed by atoms with E-state index in [9.17, 15) is 9.90 Å². The first-order chi connectivity index (χ1) is 7.27. The Labute approximate surface area is 86.1 Å². The summed E-state index contributed by atoms with van der Waals surface area (Å²) in [5.41, 5.74) is 1.53. The predicted molar refractivity (Wildman–Crippen MR) is 55.9 cm³/mol. The van der Waals surface area contributed by atoms with Crippen molar-refractivity contribution in [3.8, 4) is 5.75 Å². The summed E-state index contributed by atoms with van der Waals surface area (Å²) in [6.45, 7) is 0.991. The van der Waals surface area contributed by atoms with Gasteiger partial charge in [-0.25, -0.2) is 0 Å². The van der Waals surface area contributed by atoms with Crippen LogP contribution in [0.5, 0.6) is 5.75 Å². The third kappa shape index (κ3) is 1.08. The molecule has 4 heteroatoms. The fourth-order valence-electron chi connectivity index (χ4n) is 2.09. The summed E-state index contributed by atoms with van der Waals surface area (Å²) in [6.07, 6.45) is 0. The van der Waals surface area contributed by atoms with E-state index < -0.39 is 0 Å². The van der Waals surface area contributed by atoms with Gasteiger partial charge in [0.15, 0.2) is 0 Å². The van der Waals surface area contributed by atoms with Crippen molar-refractivity contribution in [2.45, 2.75) is 6.54 Å². The van der Waals surface area contributed by atoms with Gasteiger partial charge in [0.25, 0.3) is 0 Å². The largest absolute Gasteiger partial charge is 0.506 e. The summed E-state index contributed by atoms with van der Waals surface area (Å²) in [7, 11) is 0. The Morgan fingerprint density at radius 3 is 3.07 bits per heavy atom. The first-order valence-corrected chi connectivity index (χ1v) is 4.83. The summed E-state index contributed by atoms with van der Waals surface area (Å²) in [5.74, 6) is 0.141. The van der Waals surface area contributed by atoms with Crippen LogP contribution in [0, 0.1) is 0 Å². The summed E-state index contributed by atoms with van der Waals surface area (Å²) < 4.78 is 1.60. The maximum atomic E-state index is 11.7. The summed E-state index contributed by atoms with van der Waals surface area (Å²) >= 11 is 0. The summed E-state index contributed by atoms with van der Waals surface area (Å²) in [4.78, 5) is 11.7. The number of aromatic nitrogens is 1. The van der Waals surface area contributed by atoms with Crippen molar-refractivity contribution in [1.29, 1.82) is 0 Å². The molecule has 0 radical (unpaired) electrons. The molecule has 1 aliphatic rings. The minimum absolute atomic E-state index is 0.0206. The van der Waals surface area contributed by atoms with E-state index in [2.05, 4.69) is 5.32 Å². The molecule has 0 unspecified atom stereocenters. The number of hydrogen-bond acceptors (Lipinski definition) is 3. The van der Waals surface area contributed by atoms with Gasteiger partial charge in [-0.15, -0.1) is 0 Å². The highest BCUT2D eigenvalue weighted by molar-refractivity contribution is 5.98. The summed E-state index contributed by atoms with van der Waals surface area (Å²) in [5, 5.41) is 13.7. The predicted octanol–water partition coefficient (Wildman–Crippen LogP) is 1.09. The van der Waals surface area contributed by atoms with E-state index in [1.54, 1.807) is 16.7 Å². The van der Waals surface area contributed by atoms with Crippen LogP contribution in [0.1, 0.15) is 10.5 Å². The number of phenolic OH excluding ortho intramolecular Hbond substituents is 1. The van der Waals surface area contributed by atoms with Crippen LogP contribution in [0.15, 0.2) is 24.3 Å². The molecule has 3 rings (SSSR count). The summed E-state index contributed by atoms with van der Waals surface area (Å²) in [6, 6.07) is 7.21. The van der Waals surface area contributed by atoms with Gasteiger partial charge in [-0.2, -0.15) is 0 Å². The first kappa shape index (κ1) is 8.49. The SMILES string of the molecule is O=C1CNCc2cc3cccc(O)c3n21. The molecule has 1 aliphatic heterocycles. The fourth-order valence-corrected chi connectivity index (χ4v) is 2.09. The minimum Gasteiger partial charge on any atom is -0.506 e. The van der Waals surface area contributed by atoms with Gasteiger partial charge >= 0.3 is 0 Å². The number of fused-ring (bicyclic) bond motifs is 3. The molecule has 0 aliphatic carbocycles. The van der Waals surface area contributed by atoms with Crippen molar-refractivity contribution in [2.75, 3.05) is 6.54 Å². The molecule has 0 amide bonds. The number of rotatable bonds is 0. The highest BCUT2D eigenvalue weighted by Gasteiger charge is 2.20. The molecule has 4 nitrogen and oxygen atoms in total. The van der Waals surface area contributed by atoms with Crippen LogP contribution in [0.4, 0.5) is 0 Å². The highest BCUT2D eigenvalue weighted by atomic mass is 16.3. The Balaban J connectivity index is 2.44. The molecule has 0 bridgehead atoms. The zero-order chi connectivity index (χ0) is 10.4. The molecule has 0 saturated heterocycles. The second kappa shape index (κ2) is 2.84. The van der Waals surface area contributed by atoms with Crippen LogP contribution in [-0.2, 0) is 6.54 Å². The van der Waals surface area contributed by atoms with E-state index >= 15 is 0 Å². The molecule has 0 fully saturated rings. The molecule has 2 N–H and O–H groups in total. The molecule has 1 aromatic carbocycles. The van der Waals surface area contributed by atoms with Gasteiger partial charge in [-0.05, 0) is 12.1 Å². The molecule has 15 heavy (non-hydrogen) atoms. The quantitative estimate of drug-likeness (QED) is 0.672. The number of aromatic hydroxyl groups is 1. The Bertz CT molecular complexity index is 557. The Morgan fingerprint density at radius 1 is 1.33 bits per heavy atom. The van der Waals surface area contributed by atoms with Crippen LogP contribution < -0.4 is 5.32 Å². The van der Waals surface area contributed by atoms with Crippen molar-refractivity contribution < 1.29 is 9.90 Å². The number of carbonyl (C=O) groups is 1. The zero-order valence-corrected chi connectivity index (χ0v) is 8.03. The second-order valence-electron chi connectivity index (χ2n) is 3.68. The molecular formula is C11H10N2O2. The maximum absolute atomic E-state index is 11.7. The third-order valence-electron chi connectivity index (χ3n) is 2.71. The number of benzene rings is 1. The lowest BCUT2D eigenvalue weighted by atomic mass is 10.2. The van der Waals surface area contributed by atoms with Gasteiger partial charge in [0.1, 0.15) is 5.75 Å². The highest BCUT2D eigenvalue weighted by Crippen LogP contribution is 2.28. The zero-order valence-electron chi connectivity index (χ0n) is 8.03. The van der Waals surface area contributed by atoms with Crippen LogP contribution in [0.3, 0.4) is 0 Å². The Kier molecular flexibility index (Phi) is 1.61. The molecule has 76 valence electrons. The van der Waals surface area contributed by atoms with Gasteiger partial charge in [0.05, 0.1) is 12.1 Å². The average molecular weight is 202 g/mol. The Morgan fingerprint density at radius 2 is 2.20 bits per heavy atom. The van der Waals surface area contributed by atoms with E-state index in [4.69, 9.17) is 0 Å². The topological polar surface area (TPSA) is 54.3 Å². The van der Waals surface area contributed by atoms with Crippen molar-refractivity contribution >= 4 is 16.8 Å². The lowest BCUT2D eigenvalue weighted by Gasteiger charge is -2.15. The molecular weight excluding hydrogens is 192 g/mol. The second-order valence-corrected chi connectivity index (χ2v) is 3.68. The number of para-hydroxylation sites is 1. The van der Waals surface area contributed by atoms with E-state index in [0.717, 1.165) is 11.1 Å². The molecule has 2 heterocycles. The van der Waals surface area contributed by atoms with E-state index in [1.807, 2.05) is 12.1 Å². The maximum Gasteiger partial charge on any atom is 0.245 e. The van der Waals surface area contributed by atoms with E-state index in [0.29, 0.717) is 18.6 Å². The molecule has 0 atom stereocenters. The average Bonchev–Trinajstić information content (AvgIpc) is 2.58. The molecule has 0 saturated carbocycles. The van der Waals surface area contributed by atoms with Gasteiger partial charge in [0.2, 0.25) is 5.91 Å². The smallest absolute Gasteiger partial charge is 0.245 e. The number of nitrogens with one attached hydrogen (secondary N) is 1. The number of hydrogen-bond donors (Lipinski definition) is 2. The fraction of sp³-hybridized carbons (Fsp3) is 0.182. The number of carbonyl (C=O) groups excluding carboxylic acids is 1. The number of phenols is 1. The van der Waals surface area contributed by atoms with Crippen molar-refractivity contribution in [3.05, 3.63) is 30.0 Å². The van der Waals surface area contributed by atoms with Gasteiger partial charge < -0.3 is 10.4 Å². The normalized spacial score (nSPS) is 15.6. The van der Waals surface area contributed by atoms with Crippen LogP contribution >= 0.6 is 0 Å². The van der Waals surface area contributed by atoms with Crippen LogP contribution in [0.2, 0.25) is 0 Å². The molecule has 2 aromatic rings. The van der Waals surface area contributed by atoms with Crippen LogP contribution in [-0.4, -0.2) is 22.1 Å². The number of nitrogens with zero attached hydrogens (tertiary/aromatic N) is 1. The van der Waals surface area contributed by atoms with E-state index in [1.165, 1.54) is 0 Å². The monoisotopic (exact) mass is 202 g/mol. The standard InChI is InChI=1S/C11H10N2O2/c14-9-3-1-2-7-4-8-5-12-6-10(15)13(8)11(7)9/h1-4,12,14H,5-6H2.